The summed E-state index contributed by atoms with van der Waals surface area (Å²) in [5.74, 6) is 0.648. The summed E-state index contributed by atoms with van der Waals surface area (Å²) < 4.78 is 46.5. The molecule has 10 heteroatoms. The van der Waals surface area contributed by atoms with Crippen LogP contribution in [0.15, 0.2) is 70.9 Å². The molecule has 39 heavy (non-hydrogen) atoms. The van der Waals surface area contributed by atoms with Crippen molar-refractivity contribution >= 4 is 49.0 Å². The highest BCUT2D eigenvalue weighted by Crippen LogP contribution is 2.37. The van der Waals surface area contributed by atoms with Gasteiger partial charge in [0.15, 0.2) is 6.61 Å². The minimum absolute atomic E-state index is 0.158. The molecule has 0 unspecified atom stereocenters. The highest BCUT2D eigenvalue weighted by molar-refractivity contribution is 7.91. The van der Waals surface area contributed by atoms with E-state index in [0.717, 1.165) is 21.2 Å². The van der Waals surface area contributed by atoms with E-state index in [0.29, 0.717) is 39.3 Å². The summed E-state index contributed by atoms with van der Waals surface area (Å²) >= 11 is 7.43. The molecule has 0 saturated carbocycles. The van der Waals surface area contributed by atoms with E-state index in [9.17, 15) is 13.2 Å². The molecule has 0 fully saturated rings. The van der Waals surface area contributed by atoms with Crippen LogP contribution in [-0.4, -0.2) is 52.1 Å². The number of rotatable bonds is 12. The average Bonchev–Trinajstić information content (AvgIpc) is 3.26. The van der Waals surface area contributed by atoms with Crippen LogP contribution in [0.4, 0.5) is 0 Å². The third kappa shape index (κ3) is 7.10. The number of aryl methyl sites for hydroxylation is 2. The van der Waals surface area contributed by atoms with Gasteiger partial charge in [0.25, 0.3) is 10.0 Å². The van der Waals surface area contributed by atoms with Gasteiger partial charge < -0.3 is 14.2 Å². The number of hydrogen-bond acceptors (Lipinski definition) is 7. The van der Waals surface area contributed by atoms with Gasteiger partial charge in [0.1, 0.15) is 22.3 Å². The van der Waals surface area contributed by atoms with Crippen molar-refractivity contribution < 1.29 is 27.4 Å². The zero-order chi connectivity index (χ0) is 28.0. The lowest BCUT2D eigenvalue weighted by molar-refractivity contribution is -0.142. The summed E-state index contributed by atoms with van der Waals surface area (Å²) in [5.41, 5.74) is 2.53. The highest BCUT2D eigenvalue weighted by Gasteiger charge is 2.29. The molecule has 0 aliphatic heterocycles. The largest absolute Gasteiger partial charge is 0.492 e. The molecule has 0 radical (unpaired) electrons. The van der Waals surface area contributed by atoms with E-state index in [2.05, 4.69) is 4.74 Å². The van der Waals surface area contributed by atoms with Crippen LogP contribution in [0.25, 0.3) is 10.1 Å². The molecule has 4 aromatic rings. The minimum Gasteiger partial charge on any atom is -0.492 e. The number of fused-ring (bicyclic) bond motifs is 1. The fraction of sp³-hybridized carbons (Fsp3) is 0.276. The summed E-state index contributed by atoms with van der Waals surface area (Å²) in [6, 6.07) is 20.4. The van der Waals surface area contributed by atoms with Crippen molar-refractivity contribution in [3.05, 3.63) is 88.4 Å². The lowest BCUT2D eigenvalue weighted by Crippen LogP contribution is -2.36. The summed E-state index contributed by atoms with van der Waals surface area (Å²) in [7, 11) is -2.50. The Morgan fingerprint density at radius 3 is 2.46 bits per heavy atom. The van der Waals surface area contributed by atoms with Gasteiger partial charge in [-0.1, -0.05) is 41.9 Å². The number of ether oxygens (including phenoxy) is 3. The van der Waals surface area contributed by atoms with E-state index in [-0.39, 0.29) is 19.8 Å². The number of thiophene rings is 1. The zero-order valence-electron chi connectivity index (χ0n) is 22.0. The van der Waals surface area contributed by atoms with E-state index in [1.807, 2.05) is 50.2 Å². The van der Waals surface area contributed by atoms with Crippen molar-refractivity contribution in [3.8, 4) is 11.5 Å². The summed E-state index contributed by atoms with van der Waals surface area (Å²) in [5, 5.41) is 1.41. The van der Waals surface area contributed by atoms with E-state index < -0.39 is 16.0 Å². The van der Waals surface area contributed by atoms with Crippen LogP contribution in [0.2, 0.25) is 5.02 Å². The molecule has 4 rings (SSSR count). The number of carbonyl (C=O) groups is 1. The molecular formula is C29H30ClNO6S2. The van der Waals surface area contributed by atoms with Crippen LogP contribution < -0.4 is 9.47 Å². The number of benzene rings is 3. The molecule has 7 nitrogen and oxygen atoms in total. The highest BCUT2D eigenvalue weighted by atomic mass is 35.5. The fourth-order valence-electron chi connectivity index (χ4n) is 4.12. The number of carbonyl (C=O) groups excluding carboxylic acids is 1. The van der Waals surface area contributed by atoms with Gasteiger partial charge >= 0.3 is 5.97 Å². The number of sulfonamides is 1. The van der Waals surface area contributed by atoms with Crippen LogP contribution >= 0.6 is 22.9 Å². The van der Waals surface area contributed by atoms with Crippen molar-refractivity contribution in [1.82, 2.24) is 4.31 Å². The summed E-state index contributed by atoms with van der Waals surface area (Å²) in [6.45, 7) is 4.11. The normalized spacial score (nSPS) is 11.6. The number of hydrogen-bond donors (Lipinski definition) is 0. The average molecular weight is 588 g/mol. The predicted octanol–water partition coefficient (Wildman–Crippen LogP) is 6.04. The van der Waals surface area contributed by atoms with Gasteiger partial charge in [0.2, 0.25) is 0 Å². The first-order valence-corrected chi connectivity index (χ1v) is 15.0. The van der Waals surface area contributed by atoms with E-state index in [1.165, 1.54) is 22.8 Å². The molecule has 1 heterocycles. The van der Waals surface area contributed by atoms with Gasteiger partial charge in [0, 0.05) is 22.8 Å². The lowest BCUT2D eigenvalue weighted by Gasteiger charge is -2.22. The number of esters is 1. The molecule has 0 bridgehead atoms. The number of nitrogens with zero attached hydrogens (tertiary/aromatic N) is 1. The first-order chi connectivity index (χ1) is 18.7. The molecule has 0 atom stereocenters. The van der Waals surface area contributed by atoms with Gasteiger partial charge in [-0.2, -0.15) is 4.31 Å². The monoisotopic (exact) mass is 587 g/mol. The van der Waals surface area contributed by atoms with Gasteiger partial charge in [-0.25, -0.2) is 13.2 Å². The molecule has 0 N–H and O–H groups in total. The quantitative estimate of drug-likeness (QED) is 0.188. The van der Waals surface area contributed by atoms with Crippen LogP contribution in [0.1, 0.15) is 16.7 Å². The first-order valence-electron chi connectivity index (χ1n) is 12.3. The zero-order valence-corrected chi connectivity index (χ0v) is 24.4. The molecule has 1 aromatic heterocycles. The second-order valence-corrected chi connectivity index (χ2v) is 12.6. The van der Waals surface area contributed by atoms with Crippen molar-refractivity contribution in [2.45, 2.75) is 24.5 Å². The smallest absolute Gasteiger partial charge is 0.343 e. The van der Waals surface area contributed by atoms with Crippen LogP contribution in [0.5, 0.6) is 11.5 Å². The third-order valence-corrected chi connectivity index (χ3v) is 10.3. The molecule has 0 saturated heterocycles. The number of halogens is 1. The van der Waals surface area contributed by atoms with Crippen molar-refractivity contribution in [1.29, 1.82) is 0 Å². The molecule has 0 spiro atoms. The lowest BCUT2D eigenvalue weighted by atomic mass is 10.1. The topological polar surface area (TPSA) is 82.1 Å². The molecule has 0 aliphatic carbocycles. The summed E-state index contributed by atoms with van der Waals surface area (Å²) in [4.78, 5) is 11.4. The predicted molar refractivity (Wildman–Crippen MR) is 155 cm³/mol. The van der Waals surface area contributed by atoms with Gasteiger partial charge in [-0.05, 0) is 78.7 Å². The molecule has 0 amide bonds. The van der Waals surface area contributed by atoms with Crippen LogP contribution in [0, 0.1) is 13.8 Å². The number of methoxy groups -OCH3 is 1. The Balaban J connectivity index is 1.51. The second-order valence-electron chi connectivity index (χ2n) is 8.94. The molecular weight excluding hydrogens is 558 g/mol. The Bertz CT molecular complexity index is 1550. The maximum atomic E-state index is 13.9. The summed E-state index contributed by atoms with van der Waals surface area (Å²) in [6.07, 6.45) is 0.571. The van der Waals surface area contributed by atoms with E-state index in [4.69, 9.17) is 21.1 Å². The fourth-order valence-corrected chi connectivity index (χ4v) is 7.60. The Labute approximate surface area is 237 Å². The maximum Gasteiger partial charge on any atom is 0.343 e. The van der Waals surface area contributed by atoms with Crippen molar-refractivity contribution in [2.75, 3.05) is 33.4 Å². The van der Waals surface area contributed by atoms with Gasteiger partial charge in [-0.3, -0.25) is 0 Å². The molecule has 206 valence electrons. The minimum atomic E-state index is -3.80. The Morgan fingerprint density at radius 1 is 0.974 bits per heavy atom. The first kappa shape index (κ1) is 28.9. The molecule has 0 aliphatic rings. The van der Waals surface area contributed by atoms with E-state index in [1.54, 1.807) is 30.3 Å². The Morgan fingerprint density at radius 2 is 1.74 bits per heavy atom. The standard InChI is InChI=1S/C29H30ClNO6S2/c1-20-17-24(10-11-26(20)37-19-28(32)35-3)36-16-15-31(14-13-22-7-5-4-6-8-22)39(33,34)29-21(2)25-18-23(30)9-12-27(25)38-29/h4-12,17-18H,13-16,19H2,1-3H3. The van der Waals surface area contributed by atoms with E-state index >= 15 is 0 Å². The van der Waals surface area contributed by atoms with Crippen molar-refractivity contribution in [3.63, 3.8) is 0 Å². The van der Waals surface area contributed by atoms with Gasteiger partial charge in [-0.15, -0.1) is 11.3 Å². The SMILES string of the molecule is COC(=O)COc1ccc(OCCN(CCc2ccccc2)S(=O)(=O)c2sc3ccc(Cl)cc3c2C)cc1C. The maximum absolute atomic E-state index is 13.9. The Kier molecular flexibility index (Phi) is 9.50. The Hall–Kier alpha value is -3.11. The van der Waals surface area contributed by atoms with Crippen molar-refractivity contribution in [2.24, 2.45) is 0 Å². The van der Waals surface area contributed by atoms with Gasteiger partial charge in [0.05, 0.1) is 7.11 Å². The third-order valence-electron chi connectivity index (χ3n) is 6.25. The van der Waals surface area contributed by atoms with Crippen LogP contribution in [-0.2, 0) is 26.0 Å². The van der Waals surface area contributed by atoms with Crippen LogP contribution in [0.3, 0.4) is 0 Å². The molecule has 3 aromatic carbocycles. The second kappa shape index (κ2) is 12.8.